The van der Waals surface area contributed by atoms with Crippen molar-refractivity contribution in [3.8, 4) is 11.4 Å². The third kappa shape index (κ3) is 4.16. The molecule has 0 saturated heterocycles. The summed E-state index contributed by atoms with van der Waals surface area (Å²) in [4.78, 5) is 12.3. The molecule has 1 aliphatic carbocycles. The van der Waals surface area contributed by atoms with Crippen LogP contribution in [-0.2, 0) is 4.79 Å². The molecule has 5 nitrogen and oxygen atoms in total. The van der Waals surface area contributed by atoms with E-state index in [0.29, 0.717) is 32.8 Å². The minimum Gasteiger partial charge on any atom is -0.324 e. The van der Waals surface area contributed by atoms with Gasteiger partial charge in [-0.2, -0.15) is 0 Å². The summed E-state index contributed by atoms with van der Waals surface area (Å²) in [5.41, 5.74) is 1.26. The first-order valence-electron chi connectivity index (χ1n) is 8.60. The van der Waals surface area contributed by atoms with Crippen LogP contribution in [-0.4, -0.2) is 26.4 Å². The normalized spacial score (nSPS) is 13.5. The van der Waals surface area contributed by atoms with E-state index in [1.54, 1.807) is 30.3 Å². The molecule has 1 fully saturated rings. The second-order valence-corrected chi connectivity index (χ2v) is 8.08. The van der Waals surface area contributed by atoms with Gasteiger partial charge in [-0.3, -0.25) is 9.36 Å². The minimum absolute atomic E-state index is 0.150. The van der Waals surface area contributed by atoms with Gasteiger partial charge >= 0.3 is 0 Å². The Hall–Kier alpha value is -2.09. The van der Waals surface area contributed by atoms with Gasteiger partial charge in [0.05, 0.1) is 21.5 Å². The standard InChI is InChI=1S/C19H15Cl2FN4OS/c20-14-2-1-3-15(17(14)21)23-16(27)10-28-19-25-24-18(26(19)13-8-9-13)11-4-6-12(22)7-5-11/h1-7,13H,8-10H2,(H,23,27). The van der Waals surface area contributed by atoms with Crippen molar-refractivity contribution < 1.29 is 9.18 Å². The summed E-state index contributed by atoms with van der Waals surface area (Å²) in [5.74, 6) is 0.315. The molecule has 4 rings (SSSR count). The maximum Gasteiger partial charge on any atom is 0.234 e. The molecule has 28 heavy (non-hydrogen) atoms. The summed E-state index contributed by atoms with van der Waals surface area (Å²) in [6, 6.07) is 11.5. The Morgan fingerprint density at radius 3 is 2.64 bits per heavy atom. The zero-order valence-electron chi connectivity index (χ0n) is 14.5. The third-order valence-corrected chi connectivity index (χ3v) is 6.00. The Labute approximate surface area is 175 Å². The van der Waals surface area contributed by atoms with Gasteiger partial charge in [-0.05, 0) is 49.2 Å². The molecule has 1 aromatic heterocycles. The molecule has 0 aliphatic heterocycles. The highest BCUT2D eigenvalue weighted by molar-refractivity contribution is 7.99. The number of rotatable bonds is 6. The van der Waals surface area contributed by atoms with E-state index in [1.165, 1.54) is 23.9 Å². The summed E-state index contributed by atoms with van der Waals surface area (Å²) in [7, 11) is 0. The fourth-order valence-electron chi connectivity index (χ4n) is 2.75. The van der Waals surface area contributed by atoms with E-state index in [9.17, 15) is 9.18 Å². The minimum atomic E-state index is -0.299. The van der Waals surface area contributed by atoms with E-state index in [4.69, 9.17) is 23.2 Å². The topological polar surface area (TPSA) is 59.8 Å². The second kappa shape index (κ2) is 8.11. The van der Waals surface area contributed by atoms with Crippen LogP contribution in [0.1, 0.15) is 18.9 Å². The van der Waals surface area contributed by atoms with E-state index < -0.39 is 0 Å². The molecule has 0 atom stereocenters. The molecule has 1 amide bonds. The smallest absolute Gasteiger partial charge is 0.234 e. The zero-order chi connectivity index (χ0) is 19.7. The van der Waals surface area contributed by atoms with Crippen LogP contribution in [0.3, 0.4) is 0 Å². The summed E-state index contributed by atoms with van der Waals surface area (Å²) in [6.07, 6.45) is 2.06. The predicted molar refractivity (Wildman–Crippen MR) is 110 cm³/mol. The molecule has 0 unspecified atom stereocenters. The molecular formula is C19H15Cl2FN4OS. The average Bonchev–Trinajstić information content (AvgIpc) is 3.44. The first kappa shape index (κ1) is 19.2. The number of nitrogens with one attached hydrogen (secondary N) is 1. The fraction of sp³-hybridized carbons (Fsp3) is 0.211. The lowest BCUT2D eigenvalue weighted by Crippen LogP contribution is -2.15. The Morgan fingerprint density at radius 2 is 1.93 bits per heavy atom. The van der Waals surface area contributed by atoms with Crippen molar-refractivity contribution in [3.63, 3.8) is 0 Å². The lowest BCUT2D eigenvalue weighted by Gasteiger charge is -2.10. The molecule has 1 saturated carbocycles. The molecule has 1 heterocycles. The number of benzene rings is 2. The number of aromatic nitrogens is 3. The highest BCUT2D eigenvalue weighted by Gasteiger charge is 2.30. The fourth-order valence-corrected chi connectivity index (χ4v) is 3.90. The van der Waals surface area contributed by atoms with Crippen LogP contribution in [0.5, 0.6) is 0 Å². The van der Waals surface area contributed by atoms with Gasteiger partial charge in [-0.15, -0.1) is 10.2 Å². The lowest BCUT2D eigenvalue weighted by atomic mass is 10.2. The van der Waals surface area contributed by atoms with Crippen molar-refractivity contribution in [3.05, 3.63) is 58.3 Å². The van der Waals surface area contributed by atoms with Gasteiger partial charge in [0.1, 0.15) is 5.82 Å². The maximum absolute atomic E-state index is 13.2. The molecule has 0 radical (unpaired) electrons. The molecule has 144 valence electrons. The molecule has 1 N–H and O–H groups in total. The Morgan fingerprint density at radius 1 is 1.18 bits per heavy atom. The highest BCUT2D eigenvalue weighted by atomic mass is 35.5. The van der Waals surface area contributed by atoms with Gasteiger partial charge in [0.2, 0.25) is 5.91 Å². The van der Waals surface area contributed by atoms with Crippen molar-refractivity contribution in [1.82, 2.24) is 14.8 Å². The molecule has 2 aromatic carbocycles. The number of hydrogen-bond donors (Lipinski definition) is 1. The number of carbonyl (C=O) groups excluding carboxylic acids is 1. The largest absolute Gasteiger partial charge is 0.324 e. The Kier molecular flexibility index (Phi) is 5.57. The van der Waals surface area contributed by atoms with Crippen LogP contribution in [0, 0.1) is 5.82 Å². The molecular weight excluding hydrogens is 422 g/mol. The number of thioether (sulfide) groups is 1. The van der Waals surface area contributed by atoms with Crippen LogP contribution in [0.15, 0.2) is 47.6 Å². The van der Waals surface area contributed by atoms with Crippen LogP contribution in [0.4, 0.5) is 10.1 Å². The second-order valence-electron chi connectivity index (χ2n) is 6.35. The van der Waals surface area contributed by atoms with Crippen molar-refractivity contribution in [1.29, 1.82) is 0 Å². The van der Waals surface area contributed by atoms with Crippen LogP contribution < -0.4 is 5.32 Å². The van der Waals surface area contributed by atoms with Crippen molar-refractivity contribution in [2.75, 3.05) is 11.1 Å². The maximum atomic E-state index is 13.2. The quantitative estimate of drug-likeness (QED) is 0.521. The van der Waals surface area contributed by atoms with Gasteiger partial charge in [0.25, 0.3) is 0 Å². The zero-order valence-corrected chi connectivity index (χ0v) is 16.9. The summed E-state index contributed by atoms with van der Waals surface area (Å²) < 4.78 is 15.2. The van der Waals surface area contributed by atoms with Crippen LogP contribution in [0.25, 0.3) is 11.4 Å². The van der Waals surface area contributed by atoms with Crippen LogP contribution in [0.2, 0.25) is 10.0 Å². The first-order chi connectivity index (χ1) is 13.5. The number of nitrogens with zero attached hydrogens (tertiary/aromatic N) is 3. The Balaban J connectivity index is 1.48. The SMILES string of the molecule is O=C(CSc1nnc(-c2ccc(F)cc2)n1C1CC1)Nc1cccc(Cl)c1Cl. The third-order valence-electron chi connectivity index (χ3n) is 4.24. The van der Waals surface area contributed by atoms with Gasteiger partial charge in [-0.1, -0.05) is 41.0 Å². The number of halogens is 3. The molecule has 3 aromatic rings. The van der Waals surface area contributed by atoms with Crippen molar-refractivity contribution in [2.45, 2.75) is 24.0 Å². The van der Waals surface area contributed by atoms with E-state index >= 15 is 0 Å². The first-order valence-corrected chi connectivity index (χ1v) is 10.3. The predicted octanol–water partition coefficient (Wildman–Crippen LogP) is 5.46. The summed E-state index contributed by atoms with van der Waals surface area (Å²) >= 11 is 13.4. The molecule has 0 bridgehead atoms. The molecule has 9 heteroatoms. The molecule has 0 spiro atoms. The van der Waals surface area contributed by atoms with E-state index in [2.05, 4.69) is 15.5 Å². The monoisotopic (exact) mass is 436 g/mol. The summed E-state index contributed by atoms with van der Waals surface area (Å²) in [5, 5.41) is 12.6. The average molecular weight is 437 g/mol. The molecule has 1 aliphatic rings. The van der Waals surface area contributed by atoms with E-state index in [1.807, 2.05) is 4.57 Å². The number of amides is 1. The summed E-state index contributed by atoms with van der Waals surface area (Å²) in [6.45, 7) is 0. The number of anilines is 1. The Bertz CT molecular complexity index is 1020. The van der Waals surface area contributed by atoms with Gasteiger partial charge in [0, 0.05) is 11.6 Å². The van der Waals surface area contributed by atoms with Crippen molar-refractivity contribution in [2.24, 2.45) is 0 Å². The van der Waals surface area contributed by atoms with Crippen molar-refractivity contribution >= 4 is 46.6 Å². The van der Waals surface area contributed by atoms with Gasteiger partial charge in [-0.25, -0.2) is 4.39 Å². The lowest BCUT2D eigenvalue weighted by molar-refractivity contribution is -0.113. The van der Waals surface area contributed by atoms with Gasteiger partial charge in [0.15, 0.2) is 11.0 Å². The van der Waals surface area contributed by atoms with E-state index in [-0.39, 0.29) is 17.5 Å². The number of carbonyl (C=O) groups is 1. The number of hydrogen-bond acceptors (Lipinski definition) is 4. The van der Waals surface area contributed by atoms with E-state index in [0.717, 1.165) is 18.4 Å². The highest BCUT2D eigenvalue weighted by Crippen LogP contribution is 2.41. The van der Waals surface area contributed by atoms with Gasteiger partial charge < -0.3 is 5.32 Å². The van der Waals surface area contributed by atoms with Crippen LogP contribution >= 0.6 is 35.0 Å².